The van der Waals surface area contributed by atoms with Crippen molar-refractivity contribution < 1.29 is 13.6 Å². The topological polar surface area (TPSA) is 49.0 Å². The zero-order chi connectivity index (χ0) is 12.6. The van der Waals surface area contributed by atoms with Gasteiger partial charge in [-0.3, -0.25) is 9.89 Å². The van der Waals surface area contributed by atoms with Crippen molar-refractivity contribution in [1.29, 1.82) is 0 Å². The van der Waals surface area contributed by atoms with Crippen LogP contribution in [0.1, 0.15) is 34.6 Å². The second kappa shape index (κ2) is 4.09. The van der Waals surface area contributed by atoms with Gasteiger partial charge in [0.1, 0.15) is 0 Å². The average Bonchev–Trinajstić information content (AvgIpc) is 2.58. The minimum absolute atomic E-state index is 0.107. The second-order valence-electron chi connectivity index (χ2n) is 4.46. The van der Waals surface area contributed by atoms with Gasteiger partial charge in [-0.1, -0.05) is 0 Å². The first-order valence-electron chi connectivity index (χ1n) is 5.59. The van der Waals surface area contributed by atoms with Gasteiger partial charge in [0, 0.05) is 31.6 Å². The van der Waals surface area contributed by atoms with E-state index in [9.17, 15) is 13.6 Å². The highest BCUT2D eigenvalue weighted by Crippen LogP contribution is 2.28. The molecule has 1 saturated heterocycles. The molecule has 0 atom stereocenters. The van der Waals surface area contributed by atoms with E-state index in [1.807, 2.05) is 0 Å². The minimum Gasteiger partial charge on any atom is -0.338 e. The quantitative estimate of drug-likeness (QED) is 0.819. The summed E-state index contributed by atoms with van der Waals surface area (Å²) in [6, 6.07) is 0. The number of carbonyl (C=O) groups excluding carboxylic acids is 1. The number of halogens is 2. The number of aryl methyl sites for hydroxylation is 2. The summed E-state index contributed by atoms with van der Waals surface area (Å²) in [5.74, 6) is -2.83. The van der Waals surface area contributed by atoms with Crippen molar-refractivity contribution in [1.82, 2.24) is 15.1 Å². The Hall–Kier alpha value is -1.46. The maximum atomic E-state index is 13.0. The van der Waals surface area contributed by atoms with E-state index in [1.165, 1.54) is 4.90 Å². The molecule has 1 aliphatic heterocycles. The van der Waals surface area contributed by atoms with Crippen molar-refractivity contribution in [2.75, 3.05) is 13.1 Å². The van der Waals surface area contributed by atoms with Gasteiger partial charge >= 0.3 is 0 Å². The van der Waals surface area contributed by atoms with Crippen LogP contribution < -0.4 is 0 Å². The third-order valence-electron chi connectivity index (χ3n) is 3.12. The van der Waals surface area contributed by atoms with Gasteiger partial charge in [0.05, 0.1) is 11.3 Å². The van der Waals surface area contributed by atoms with Gasteiger partial charge in [0.2, 0.25) is 0 Å². The Labute approximate surface area is 98.0 Å². The second-order valence-corrected chi connectivity index (χ2v) is 4.46. The number of piperidine rings is 1. The first kappa shape index (κ1) is 12.0. The van der Waals surface area contributed by atoms with E-state index in [0.717, 1.165) is 0 Å². The highest BCUT2D eigenvalue weighted by atomic mass is 19.3. The lowest BCUT2D eigenvalue weighted by atomic mass is 10.1. The molecule has 4 nitrogen and oxygen atoms in total. The number of alkyl halides is 2. The van der Waals surface area contributed by atoms with Crippen molar-refractivity contribution in [3.05, 3.63) is 17.0 Å². The molecule has 1 N–H and O–H groups in total. The lowest BCUT2D eigenvalue weighted by molar-refractivity contribution is -0.0494. The van der Waals surface area contributed by atoms with Crippen LogP contribution in [0.3, 0.4) is 0 Å². The molecule has 0 aliphatic carbocycles. The van der Waals surface area contributed by atoms with Crippen LogP contribution in [-0.4, -0.2) is 40.0 Å². The van der Waals surface area contributed by atoms with Gasteiger partial charge in [-0.05, 0) is 13.8 Å². The molecule has 1 aromatic rings. The molecule has 2 rings (SSSR count). The number of carbonyl (C=O) groups is 1. The summed E-state index contributed by atoms with van der Waals surface area (Å²) in [4.78, 5) is 13.6. The van der Waals surface area contributed by atoms with Crippen LogP contribution in [-0.2, 0) is 0 Å². The molecule has 2 heterocycles. The summed E-state index contributed by atoms with van der Waals surface area (Å²) in [5, 5.41) is 6.67. The van der Waals surface area contributed by atoms with E-state index in [1.54, 1.807) is 13.8 Å². The normalized spacial score (nSPS) is 19.4. The van der Waals surface area contributed by atoms with Crippen molar-refractivity contribution in [3.8, 4) is 0 Å². The number of aromatic nitrogens is 2. The molecule has 1 fully saturated rings. The third-order valence-corrected chi connectivity index (χ3v) is 3.12. The molecule has 0 spiro atoms. The van der Waals surface area contributed by atoms with Gasteiger partial charge in [-0.25, -0.2) is 8.78 Å². The van der Waals surface area contributed by atoms with E-state index in [2.05, 4.69) is 10.2 Å². The molecule has 0 aromatic carbocycles. The number of rotatable bonds is 1. The summed E-state index contributed by atoms with van der Waals surface area (Å²) in [5.41, 5.74) is 1.81. The Morgan fingerprint density at radius 1 is 1.35 bits per heavy atom. The Morgan fingerprint density at radius 3 is 2.41 bits per heavy atom. The first-order valence-corrected chi connectivity index (χ1v) is 5.59. The highest BCUT2D eigenvalue weighted by molar-refractivity contribution is 5.96. The molecule has 6 heteroatoms. The van der Waals surface area contributed by atoms with Crippen LogP contribution in [0.5, 0.6) is 0 Å². The number of hydrogen-bond acceptors (Lipinski definition) is 2. The molecule has 1 aromatic heterocycles. The zero-order valence-corrected chi connectivity index (χ0v) is 9.89. The fourth-order valence-electron chi connectivity index (χ4n) is 2.06. The molecule has 1 amide bonds. The zero-order valence-electron chi connectivity index (χ0n) is 9.89. The van der Waals surface area contributed by atoms with E-state index >= 15 is 0 Å². The summed E-state index contributed by atoms with van der Waals surface area (Å²) in [7, 11) is 0. The van der Waals surface area contributed by atoms with E-state index in [4.69, 9.17) is 0 Å². The smallest absolute Gasteiger partial charge is 0.257 e. The highest BCUT2D eigenvalue weighted by Gasteiger charge is 2.36. The lowest BCUT2D eigenvalue weighted by Gasteiger charge is -2.31. The molecule has 0 bridgehead atoms. The summed E-state index contributed by atoms with van der Waals surface area (Å²) >= 11 is 0. The van der Waals surface area contributed by atoms with Crippen LogP contribution in [0.15, 0.2) is 0 Å². The number of hydrogen-bond donors (Lipinski definition) is 1. The van der Waals surface area contributed by atoms with Gasteiger partial charge in [-0.2, -0.15) is 5.10 Å². The van der Waals surface area contributed by atoms with E-state index < -0.39 is 5.92 Å². The van der Waals surface area contributed by atoms with Crippen molar-refractivity contribution >= 4 is 5.91 Å². The van der Waals surface area contributed by atoms with Crippen molar-refractivity contribution in [2.45, 2.75) is 32.6 Å². The van der Waals surface area contributed by atoms with E-state index in [0.29, 0.717) is 17.0 Å². The number of aromatic amines is 1. The molecule has 0 radical (unpaired) electrons. The standard InChI is InChI=1S/C11H15F2N3O/c1-7-9(8(2)15-14-7)10(17)16-5-3-11(12,13)4-6-16/h3-6H2,1-2H3,(H,14,15). The first-order chi connectivity index (χ1) is 7.91. The van der Waals surface area contributed by atoms with Crippen LogP contribution in [0, 0.1) is 13.8 Å². The van der Waals surface area contributed by atoms with Crippen LogP contribution in [0.25, 0.3) is 0 Å². The Bertz CT molecular complexity index is 412. The number of nitrogens with one attached hydrogen (secondary N) is 1. The number of amides is 1. The summed E-state index contributed by atoms with van der Waals surface area (Å²) < 4.78 is 26.0. The Balaban J connectivity index is 2.12. The van der Waals surface area contributed by atoms with Gasteiger partial charge in [0.15, 0.2) is 0 Å². The maximum Gasteiger partial charge on any atom is 0.257 e. The lowest BCUT2D eigenvalue weighted by Crippen LogP contribution is -2.43. The van der Waals surface area contributed by atoms with Crippen LogP contribution in [0.2, 0.25) is 0 Å². The largest absolute Gasteiger partial charge is 0.338 e. The molecule has 0 saturated carbocycles. The summed E-state index contributed by atoms with van der Waals surface area (Å²) in [6.07, 6.45) is -0.511. The van der Waals surface area contributed by atoms with E-state index in [-0.39, 0.29) is 31.8 Å². The number of likely N-dealkylation sites (tertiary alicyclic amines) is 1. The summed E-state index contributed by atoms with van der Waals surface area (Å²) in [6.45, 7) is 3.70. The number of H-pyrrole nitrogens is 1. The third kappa shape index (κ3) is 2.30. The number of nitrogens with zero attached hydrogens (tertiary/aromatic N) is 2. The fourth-order valence-corrected chi connectivity index (χ4v) is 2.06. The fraction of sp³-hybridized carbons (Fsp3) is 0.636. The molecular formula is C11H15F2N3O. The van der Waals surface area contributed by atoms with Crippen LogP contribution in [0.4, 0.5) is 8.78 Å². The van der Waals surface area contributed by atoms with Crippen LogP contribution >= 0.6 is 0 Å². The Morgan fingerprint density at radius 2 is 1.94 bits per heavy atom. The predicted molar refractivity (Wildman–Crippen MR) is 58.1 cm³/mol. The Kier molecular flexibility index (Phi) is 2.89. The molecule has 0 unspecified atom stereocenters. The van der Waals surface area contributed by atoms with Crippen molar-refractivity contribution in [2.24, 2.45) is 0 Å². The molecule has 94 valence electrons. The monoisotopic (exact) mass is 243 g/mol. The average molecular weight is 243 g/mol. The van der Waals surface area contributed by atoms with Crippen molar-refractivity contribution in [3.63, 3.8) is 0 Å². The minimum atomic E-state index is -2.63. The SMILES string of the molecule is Cc1n[nH]c(C)c1C(=O)N1CCC(F)(F)CC1. The van der Waals surface area contributed by atoms with Gasteiger partial charge in [-0.15, -0.1) is 0 Å². The molecule has 17 heavy (non-hydrogen) atoms. The molecule has 1 aliphatic rings. The van der Waals surface area contributed by atoms with Gasteiger partial charge < -0.3 is 4.90 Å². The predicted octanol–water partition coefficient (Wildman–Crippen LogP) is 1.90. The molecular weight excluding hydrogens is 228 g/mol. The maximum absolute atomic E-state index is 13.0. The van der Waals surface area contributed by atoms with Gasteiger partial charge in [0.25, 0.3) is 11.8 Å².